The van der Waals surface area contributed by atoms with Gasteiger partial charge in [-0.1, -0.05) is 13.3 Å². The first-order chi connectivity index (χ1) is 4.41. The maximum Gasteiger partial charge on any atom is 0.245 e. The first kappa shape index (κ1) is 13.4. The predicted molar refractivity (Wildman–Crippen MR) is 51.2 cm³/mol. The molecule has 0 aliphatic rings. The van der Waals surface area contributed by atoms with Crippen LogP contribution in [0.4, 0.5) is 0 Å². The molecule has 0 spiro atoms. The molecule has 0 aromatic heterocycles. The van der Waals surface area contributed by atoms with Gasteiger partial charge in [0, 0.05) is 6.61 Å². The van der Waals surface area contributed by atoms with Crippen molar-refractivity contribution in [3.63, 3.8) is 0 Å². The maximum absolute atomic E-state index is 8.07. The Morgan fingerprint density at radius 3 is 1.60 bits per heavy atom. The largest absolute Gasteiger partial charge is 0.396 e. The molecule has 0 saturated heterocycles. The second kappa shape index (κ2) is 7.86. The van der Waals surface area contributed by atoms with Crippen molar-refractivity contribution < 1.29 is 5.11 Å². The molecule has 0 atom stereocenters. The Kier molecular flexibility index (Phi) is 10.5. The summed E-state index contributed by atoms with van der Waals surface area (Å²) in [7, 11) is 0. The lowest BCUT2D eigenvalue weighted by atomic mass is 10.4. The van der Waals surface area contributed by atoms with Crippen molar-refractivity contribution in [3.8, 4) is 0 Å². The van der Waals surface area contributed by atoms with Crippen LogP contribution in [0.5, 0.6) is 0 Å². The van der Waals surface area contributed by atoms with Gasteiger partial charge in [-0.25, -0.2) is 0 Å². The van der Waals surface area contributed by atoms with Crippen molar-refractivity contribution in [2.24, 2.45) is 0 Å². The molecule has 0 aromatic carbocycles. The topological polar surface area (TPSA) is 20.2 Å². The van der Waals surface area contributed by atoms with Crippen LogP contribution in [0.25, 0.3) is 0 Å². The van der Waals surface area contributed by atoms with Crippen LogP contribution in [0.2, 0.25) is 13.1 Å². The van der Waals surface area contributed by atoms with Crippen LogP contribution in [0, 0.1) is 0 Å². The van der Waals surface area contributed by atoms with Crippen molar-refractivity contribution in [1.82, 2.24) is 0 Å². The van der Waals surface area contributed by atoms with Gasteiger partial charge < -0.3 is 5.11 Å². The highest BCUT2D eigenvalue weighted by molar-refractivity contribution is 7.44. The zero-order chi connectivity index (χ0) is 8.62. The number of aliphatic hydroxyl groups is 1. The van der Waals surface area contributed by atoms with Gasteiger partial charge >= 0.3 is 0 Å². The molecule has 0 aliphatic heterocycles. The Hall–Kier alpha value is 0.757. The number of halogens is 2. The van der Waals surface area contributed by atoms with Gasteiger partial charge in [0.25, 0.3) is 0 Å². The monoisotopic (exact) mass is 202 g/mol. The van der Waals surface area contributed by atoms with Crippen molar-refractivity contribution in [1.29, 1.82) is 0 Å². The van der Waals surface area contributed by atoms with Crippen LogP contribution in [-0.2, 0) is 0 Å². The molecule has 0 aromatic rings. The lowest BCUT2D eigenvalue weighted by molar-refractivity contribution is 0.287. The van der Waals surface area contributed by atoms with E-state index in [0.29, 0.717) is 6.61 Å². The van der Waals surface area contributed by atoms with E-state index in [2.05, 4.69) is 6.92 Å². The van der Waals surface area contributed by atoms with Crippen LogP contribution in [-0.4, -0.2) is 18.4 Å². The number of aliphatic hydroxyl groups excluding tert-OH is 1. The molecule has 0 unspecified atom stereocenters. The number of rotatable bonds is 2. The second-order valence-electron chi connectivity index (χ2n) is 2.40. The average Bonchev–Trinajstić information content (AvgIpc) is 1.63. The van der Waals surface area contributed by atoms with Crippen LogP contribution < -0.4 is 0 Å². The standard InChI is InChI=1S/C4H10O.C2H6Cl2Si/c1-2-3-4-5;1-5(2,3)4/h5H,2-4H2,1H3;1-2H3. The molecule has 0 radical (unpaired) electrons. The summed E-state index contributed by atoms with van der Waals surface area (Å²) >= 11 is 10.9. The van der Waals surface area contributed by atoms with Crippen molar-refractivity contribution in [2.75, 3.05) is 6.61 Å². The fraction of sp³-hybridized carbons (Fsp3) is 1.00. The molecule has 0 aliphatic carbocycles. The molecular formula is C6H16Cl2OSi. The van der Waals surface area contributed by atoms with Gasteiger partial charge in [-0.05, 0) is 19.5 Å². The van der Waals surface area contributed by atoms with E-state index in [0.717, 1.165) is 12.8 Å². The van der Waals surface area contributed by atoms with Crippen LogP contribution >= 0.6 is 22.2 Å². The van der Waals surface area contributed by atoms with Gasteiger partial charge in [0.1, 0.15) is 0 Å². The van der Waals surface area contributed by atoms with E-state index in [1.165, 1.54) is 0 Å². The third-order valence-corrected chi connectivity index (χ3v) is 0.512. The molecule has 0 bridgehead atoms. The molecular weight excluding hydrogens is 187 g/mol. The molecule has 0 rings (SSSR count). The molecule has 0 amide bonds. The number of hydrogen-bond acceptors (Lipinski definition) is 1. The highest BCUT2D eigenvalue weighted by Gasteiger charge is 2.08. The first-order valence-electron chi connectivity index (χ1n) is 3.40. The zero-order valence-corrected chi connectivity index (χ0v) is 9.34. The Morgan fingerprint density at radius 1 is 1.30 bits per heavy atom. The summed E-state index contributed by atoms with van der Waals surface area (Å²) in [5.74, 6) is 0. The minimum atomic E-state index is -1.67. The zero-order valence-electron chi connectivity index (χ0n) is 6.82. The van der Waals surface area contributed by atoms with Crippen LogP contribution in [0.1, 0.15) is 19.8 Å². The van der Waals surface area contributed by atoms with Gasteiger partial charge in [-0.15, -0.1) is 22.2 Å². The van der Waals surface area contributed by atoms with Crippen molar-refractivity contribution >= 4 is 28.9 Å². The lowest BCUT2D eigenvalue weighted by Crippen LogP contribution is -2.02. The SMILES string of the molecule is CCCCO.C[Si](C)(Cl)Cl. The maximum atomic E-state index is 8.07. The van der Waals surface area contributed by atoms with E-state index < -0.39 is 6.69 Å². The molecule has 4 heteroatoms. The Balaban J connectivity index is 0. The van der Waals surface area contributed by atoms with E-state index in [4.69, 9.17) is 27.3 Å². The molecule has 1 nitrogen and oxygen atoms in total. The summed E-state index contributed by atoms with van der Waals surface area (Å²) in [5, 5.41) is 8.07. The van der Waals surface area contributed by atoms with Crippen molar-refractivity contribution in [3.05, 3.63) is 0 Å². The molecule has 10 heavy (non-hydrogen) atoms. The van der Waals surface area contributed by atoms with Gasteiger partial charge in [0.2, 0.25) is 6.69 Å². The highest BCUT2D eigenvalue weighted by atomic mass is 35.7. The van der Waals surface area contributed by atoms with Gasteiger partial charge in [-0.2, -0.15) is 0 Å². The lowest BCUT2D eigenvalue weighted by Gasteiger charge is -1.93. The predicted octanol–water partition coefficient (Wildman–Crippen LogP) is 2.94. The molecule has 1 N–H and O–H groups in total. The fourth-order valence-corrected chi connectivity index (χ4v) is 0.158. The molecule has 64 valence electrons. The third-order valence-electron chi connectivity index (χ3n) is 0.512. The van der Waals surface area contributed by atoms with Crippen LogP contribution in [0.3, 0.4) is 0 Å². The Bertz CT molecular complexity index is 55.3. The van der Waals surface area contributed by atoms with Gasteiger partial charge in [-0.3, -0.25) is 0 Å². The van der Waals surface area contributed by atoms with E-state index in [9.17, 15) is 0 Å². The normalized spacial score (nSPS) is 10.2. The molecule has 0 saturated carbocycles. The number of hydrogen-bond donors (Lipinski definition) is 1. The third kappa shape index (κ3) is 69.3. The summed E-state index contributed by atoms with van der Waals surface area (Å²) in [6.45, 7) is 4.44. The van der Waals surface area contributed by atoms with E-state index in [1.807, 2.05) is 13.1 Å². The van der Waals surface area contributed by atoms with E-state index in [1.54, 1.807) is 0 Å². The summed E-state index contributed by atoms with van der Waals surface area (Å²) < 4.78 is 0. The van der Waals surface area contributed by atoms with Gasteiger partial charge in [0.05, 0.1) is 0 Å². The smallest absolute Gasteiger partial charge is 0.245 e. The summed E-state index contributed by atoms with van der Waals surface area (Å²) in [6, 6.07) is 0. The minimum absolute atomic E-state index is 0.344. The Labute approximate surface area is 73.8 Å². The average molecular weight is 203 g/mol. The quantitative estimate of drug-likeness (QED) is 0.540. The molecule has 0 heterocycles. The van der Waals surface area contributed by atoms with Crippen LogP contribution in [0.15, 0.2) is 0 Å². The van der Waals surface area contributed by atoms with E-state index >= 15 is 0 Å². The minimum Gasteiger partial charge on any atom is -0.396 e. The second-order valence-corrected chi connectivity index (χ2v) is 11.3. The van der Waals surface area contributed by atoms with E-state index in [-0.39, 0.29) is 0 Å². The summed E-state index contributed by atoms with van der Waals surface area (Å²) in [5.41, 5.74) is 0. The number of unbranched alkanes of at least 4 members (excludes halogenated alkanes) is 1. The summed E-state index contributed by atoms with van der Waals surface area (Å²) in [4.78, 5) is 0. The highest BCUT2D eigenvalue weighted by Crippen LogP contribution is 2.10. The Morgan fingerprint density at radius 2 is 1.60 bits per heavy atom. The van der Waals surface area contributed by atoms with Crippen molar-refractivity contribution in [2.45, 2.75) is 32.9 Å². The fourth-order valence-electron chi connectivity index (χ4n) is 0.158. The summed E-state index contributed by atoms with van der Waals surface area (Å²) in [6.07, 6.45) is 2.04. The van der Waals surface area contributed by atoms with Gasteiger partial charge in [0.15, 0.2) is 0 Å². The first-order valence-corrected chi connectivity index (χ1v) is 8.43. The molecule has 0 fully saturated rings.